The van der Waals surface area contributed by atoms with Gasteiger partial charge in [-0.1, -0.05) is 17.7 Å². The number of nitrogens with zero attached hydrogens (tertiary/aromatic N) is 2. The first-order valence-corrected chi connectivity index (χ1v) is 8.12. The molecular formula is C13H15ClN2O2S. The molecule has 1 aromatic carbocycles. The Hall–Kier alpha value is -1.33. The highest BCUT2D eigenvalue weighted by Crippen LogP contribution is 2.19. The van der Waals surface area contributed by atoms with Crippen LogP contribution in [0.3, 0.4) is 0 Å². The van der Waals surface area contributed by atoms with Crippen molar-refractivity contribution in [1.82, 2.24) is 9.78 Å². The standard InChI is InChI=1S/C13H15ClN2O2S/c1-9-4-10(2)13(11(3)5-9)8-16-7-12(6-15-16)19(14,17)18/h4-7H,8H2,1-3H3. The van der Waals surface area contributed by atoms with Crippen LogP contribution in [0.2, 0.25) is 0 Å². The Labute approximate surface area is 117 Å². The van der Waals surface area contributed by atoms with Crippen molar-refractivity contribution >= 4 is 19.7 Å². The average Bonchev–Trinajstić information content (AvgIpc) is 2.71. The van der Waals surface area contributed by atoms with Crippen molar-refractivity contribution in [3.63, 3.8) is 0 Å². The molecule has 6 heteroatoms. The molecule has 0 unspecified atom stereocenters. The molecule has 2 aromatic rings. The van der Waals surface area contributed by atoms with Crippen molar-refractivity contribution in [2.45, 2.75) is 32.2 Å². The van der Waals surface area contributed by atoms with E-state index in [4.69, 9.17) is 10.7 Å². The molecule has 0 saturated heterocycles. The quantitative estimate of drug-likeness (QED) is 0.819. The second-order valence-corrected chi connectivity index (χ2v) is 7.25. The maximum Gasteiger partial charge on any atom is 0.264 e. The van der Waals surface area contributed by atoms with Crippen LogP contribution >= 0.6 is 10.7 Å². The van der Waals surface area contributed by atoms with E-state index in [0.717, 1.165) is 5.56 Å². The Morgan fingerprint density at radius 2 is 1.79 bits per heavy atom. The zero-order valence-corrected chi connectivity index (χ0v) is 12.6. The average molecular weight is 299 g/mol. The molecule has 0 N–H and O–H groups in total. The van der Waals surface area contributed by atoms with Gasteiger partial charge in [0.15, 0.2) is 0 Å². The monoisotopic (exact) mass is 298 g/mol. The molecule has 0 aliphatic rings. The fraction of sp³-hybridized carbons (Fsp3) is 0.308. The molecule has 0 bridgehead atoms. The van der Waals surface area contributed by atoms with E-state index in [0.29, 0.717) is 6.54 Å². The smallest absolute Gasteiger partial charge is 0.264 e. The van der Waals surface area contributed by atoms with Gasteiger partial charge in [-0.15, -0.1) is 0 Å². The van der Waals surface area contributed by atoms with Crippen LogP contribution in [0.15, 0.2) is 29.4 Å². The maximum absolute atomic E-state index is 11.2. The van der Waals surface area contributed by atoms with Crippen molar-refractivity contribution in [3.05, 3.63) is 46.8 Å². The third-order valence-corrected chi connectivity index (χ3v) is 4.36. The van der Waals surface area contributed by atoms with Crippen molar-refractivity contribution in [2.75, 3.05) is 0 Å². The molecule has 2 rings (SSSR count). The summed E-state index contributed by atoms with van der Waals surface area (Å²) in [6.07, 6.45) is 2.71. The van der Waals surface area contributed by atoms with Crippen LogP contribution in [0.1, 0.15) is 22.3 Å². The minimum absolute atomic E-state index is 0.0246. The van der Waals surface area contributed by atoms with E-state index < -0.39 is 9.05 Å². The van der Waals surface area contributed by atoms with Crippen LogP contribution < -0.4 is 0 Å². The number of benzene rings is 1. The molecule has 1 heterocycles. The van der Waals surface area contributed by atoms with E-state index in [-0.39, 0.29) is 4.90 Å². The summed E-state index contributed by atoms with van der Waals surface area (Å²) in [5.74, 6) is 0. The maximum atomic E-state index is 11.2. The summed E-state index contributed by atoms with van der Waals surface area (Å²) >= 11 is 0. The molecular weight excluding hydrogens is 284 g/mol. The molecule has 1 aromatic heterocycles. The molecule has 19 heavy (non-hydrogen) atoms. The lowest BCUT2D eigenvalue weighted by Gasteiger charge is -2.11. The van der Waals surface area contributed by atoms with Crippen molar-refractivity contribution < 1.29 is 8.42 Å². The highest BCUT2D eigenvalue weighted by atomic mass is 35.7. The number of hydrogen-bond acceptors (Lipinski definition) is 3. The van der Waals surface area contributed by atoms with Gasteiger partial charge in [0.1, 0.15) is 4.90 Å². The van der Waals surface area contributed by atoms with Gasteiger partial charge in [0.2, 0.25) is 0 Å². The number of aryl methyl sites for hydroxylation is 3. The predicted molar refractivity (Wildman–Crippen MR) is 75.0 cm³/mol. The second-order valence-electron chi connectivity index (χ2n) is 4.69. The fourth-order valence-electron chi connectivity index (χ4n) is 2.18. The van der Waals surface area contributed by atoms with Gasteiger partial charge in [0.25, 0.3) is 9.05 Å². The molecule has 0 aliphatic carbocycles. The van der Waals surface area contributed by atoms with Gasteiger partial charge in [0, 0.05) is 16.9 Å². The van der Waals surface area contributed by atoms with E-state index >= 15 is 0 Å². The Balaban J connectivity index is 2.35. The highest BCUT2D eigenvalue weighted by molar-refractivity contribution is 8.13. The van der Waals surface area contributed by atoms with Crippen LogP contribution in [-0.4, -0.2) is 18.2 Å². The Bertz CT molecular complexity index is 697. The van der Waals surface area contributed by atoms with Crippen molar-refractivity contribution in [1.29, 1.82) is 0 Å². The largest absolute Gasteiger partial charge is 0.267 e. The van der Waals surface area contributed by atoms with Gasteiger partial charge in [0.05, 0.1) is 12.7 Å². The molecule has 0 saturated carbocycles. The summed E-state index contributed by atoms with van der Waals surface area (Å²) in [6.45, 7) is 6.66. The first kappa shape index (κ1) is 14.1. The van der Waals surface area contributed by atoms with Crippen LogP contribution in [0.4, 0.5) is 0 Å². The second kappa shape index (κ2) is 4.98. The van der Waals surface area contributed by atoms with Crippen LogP contribution in [0, 0.1) is 20.8 Å². The lowest BCUT2D eigenvalue weighted by molar-refractivity contribution is 0.609. The van der Waals surface area contributed by atoms with E-state index in [1.54, 1.807) is 4.68 Å². The molecule has 0 spiro atoms. The molecule has 0 amide bonds. The van der Waals surface area contributed by atoms with Crippen molar-refractivity contribution in [3.8, 4) is 0 Å². The Morgan fingerprint density at radius 1 is 1.21 bits per heavy atom. The Morgan fingerprint density at radius 3 is 2.26 bits per heavy atom. The topological polar surface area (TPSA) is 52.0 Å². The SMILES string of the molecule is Cc1cc(C)c(Cn2cc(S(=O)(=O)Cl)cn2)c(C)c1. The minimum Gasteiger partial charge on any atom is -0.267 e. The first-order chi connectivity index (χ1) is 8.77. The van der Waals surface area contributed by atoms with Crippen LogP contribution in [0.25, 0.3) is 0 Å². The van der Waals surface area contributed by atoms with Crippen LogP contribution in [-0.2, 0) is 15.6 Å². The number of halogens is 1. The normalized spacial score (nSPS) is 11.8. The molecule has 0 radical (unpaired) electrons. The predicted octanol–water partition coefficient (Wildman–Crippen LogP) is 2.78. The van der Waals surface area contributed by atoms with Gasteiger partial charge in [-0.05, 0) is 37.5 Å². The minimum atomic E-state index is -3.71. The molecule has 102 valence electrons. The lowest BCUT2D eigenvalue weighted by atomic mass is 10.00. The summed E-state index contributed by atoms with van der Waals surface area (Å²) in [5, 5.41) is 4.04. The Kier molecular flexibility index (Phi) is 3.69. The summed E-state index contributed by atoms with van der Waals surface area (Å²) in [6, 6.07) is 4.20. The van der Waals surface area contributed by atoms with E-state index in [1.807, 2.05) is 13.8 Å². The van der Waals surface area contributed by atoms with E-state index in [9.17, 15) is 8.42 Å². The number of hydrogen-bond donors (Lipinski definition) is 0. The molecule has 0 aliphatic heterocycles. The third kappa shape index (κ3) is 3.16. The molecule has 0 atom stereocenters. The highest BCUT2D eigenvalue weighted by Gasteiger charge is 2.13. The number of aromatic nitrogens is 2. The van der Waals surface area contributed by atoms with E-state index in [1.165, 1.54) is 29.1 Å². The van der Waals surface area contributed by atoms with Gasteiger partial charge >= 0.3 is 0 Å². The fourth-order valence-corrected chi connectivity index (χ4v) is 2.84. The summed E-state index contributed by atoms with van der Waals surface area (Å²) < 4.78 is 24.0. The third-order valence-electron chi connectivity index (χ3n) is 3.05. The molecule has 4 nitrogen and oxygen atoms in total. The van der Waals surface area contributed by atoms with Gasteiger partial charge in [-0.2, -0.15) is 5.10 Å². The lowest BCUT2D eigenvalue weighted by Crippen LogP contribution is -2.04. The summed E-state index contributed by atoms with van der Waals surface area (Å²) in [7, 11) is 1.56. The van der Waals surface area contributed by atoms with Crippen molar-refractivity contribution in [2.24, 2.45) is 0 Å². The zero-order chi connectivity index (χ0) is 14.2. The van der Waals surface area contributed by atoms with Gasteiger partial charge in [-0.25, -0.2) is 8.42 Å². The van der Waals surface area contributed by atoms with Gasteiger partial charge < -0.3 is 0 Å². The summed E-state index contributed by atoms with van der Waals surface area (Å²) in [4.78, 5) is 0.0246. The first-order valence-electron chi connectivity index (χ1n) is 5.81. The molecule has 0 fully saturated rings. The van der Waals surface area contributed by atoms with Gasteiger partial charge in [-0.3, -0.25) is 4.68 Å². The summed E-state index contributed by atoms with van der Waals surface area (Å²) in [5.41, 5.74) is 4.70. The zero-order valence-electron chi connectivity index (χ0n) is 11.0. The van der Waals surface area contributed by atoms with E-state index in [2.05, 4.69) is 24.2 Å². The van der Waals surface area contributed by atoms with Crippen LogP contribution in [0.5, 0.6) is 0 Å². The number of rotatable bonds is 3.